The first-order valence-corrected chi connectivity index (χ1v) is 17.8. The maximum Gasteiger partial charge on any atom is 0.239 e. The van der Waals surface area contributed by atoms with Crippen molar-refractivity contribution in [3.8, 4) is 0 Å². The van der Waals surface area contributed by atoms with Gasteiger partial charge in [0.05, 0.1) is 30.1 Å². The zero-order chi connectivity index (χ0) is 34.1. The van der Waals surface area contributed by atoms with Gasteiger partial charge >= 0.3 is 0 Å². The topological polar surface area (TPSA) is 137 Å². The number of nitrogens with two attached hydrogens (primary N) is 1. The molecule has 4 rings (SSSR count). The highest BCUT2D eigenvalue weighted by atomic mass is 32.2. The summed E-state index contributed by atoms with van der Waals surface area (Å²) in [5, 5.41) is 20.0. The Bertz CT molecular complexity index is 1540. The molecule has 6 N–H and O–H groups in total. The van der Waals surface area contributed by atoms with E-state index in [0.29, 0.717) is 42.0 Å². The Labute approximate surface area is 281 Å². The number of nitrogens with one attached hydrogen (secondary N) is 3. The van der Waals surface area contributed by atoms with E-state index in [1.165, 1.54) is 23.9 Å². The van der Waals surface area contributed by atoms with Crippen LogP contribution in [0.3, 0.4) is 0 Å². The van der Waals surface area contributed by atoms with Gasteiger partial charge in [-0.05, 0) is 72.9 Å². The molecule has 9 nitrogen and oxygen atoms in total. The third-order valence-electron chi connectivity index (χ3n) is 7.91. The zero-order valence-corrected chi connectivity index (χ0v) is 28.4. The van der Waals surface area contributed by atoms with Gasteiger partial charge in [-0.15, -0.1) is 11.8 Å². The van der Waals surface area contributed by atoms with Crippen LogP contribution in [0.25, 0.3) is 0 Å². The number of aliphatic hydroxyl groups excluding tert-OH is 1. The number of benzene rings is 3. The molecule has 3 atom stereocenters. The van der Waals surface area contributed by atoms with E-state index in [-0.39, 0.29) is 25.6 Å². The maximum atomic E-state index is 13.7. The van der Waals surface area contributed by atoms with Crippen molar-refractivity contribution >= 4 is 40.2 Å². The minimum atomic E-state index is -1.60. The standard InChI is InChI=1S/C34H43F2N5O4S2/c1-22(2)20-41(47(45)27-9-10-28(37)31(17-27)46-3)21-30(42)29(13-23-7-5-4-6-8-23)40-33(44)18-38-32(43)19-39-34(11-12-34)24-14-25(35)16-26(36)15-24/h4-10,14-17,22,29-30,39,42H,11-13,18-21,37H2,1-3H3,(H,38,43)(H,40,44)/t29-,30+,47?/m0/s1. The Hall–Kier alpha value is -3.36. The van der Waals surface area contributed by atoms with Crippen molar-refractivity contribution in [2.24, 2.45) is 5.92 Å². The largest absolute Gasteiger partial charge is 0.398 e. The predicted octanol–water partition coefficient (Wildman–Crippen LogP) is 3.73. The molecule has 0 heterocycles. The molecule has 1 fully saturated rings. The van der Waals surface area contributed by atoms with E-state index >= 15 is 0 Å². The van der Waals surface area contributed by atoms with E-state index in [1.807, 2.05) is 50.4 Å². The highest BCUT2D eigenvalue weighted by Gasteiger charge is 2.44. The number of aliphatic hydroxyl groups is 1. The maximum absolute atomic E-state index is 13.7. The molecule has 3 aromatic rings. The third kappa shape index (κ3) is 10.6. The van der Waals surface area contributed by atoms with Gasteiger partial charge in [0.25, 0.3) is 0 Å². The van der Waals surface area contributed by atoms with E-state index < -0.39 is 52.1 Å². The Morgan fingerprint density at radius 3 is 2.30 bits per heavy atom. The molecule has 1 saturated carbocycles. The molecule has 13 heteroatoms. The minimum Gasteiger partial charge on any atom is -0.398 e. The Morgan fingerprint density at radius 2 is 1.68 bits per heavy atom. The second kappa shape index (κ2) is 16.6. The number of halogens is 2. The van der Waals surface area contributed by atoms with Crippen LogP contribution in [0, 0.1) is 17.6 Å². The summed E-state index contributed by atoms with van der Waals surface area (Å²) < 4.78 is 42.9. The molecule has 3 aromatic carbocycles. The average Bonchev–Trinajstić information content (AvgIpc) is 3.83. The number of thioether (sulfide) groups is 1. The second-order valence-corrected chi connectivity index (χ2v) is 14.5. The molecule has 0 aromatic heterocycles. The first kappa shape index (κ1) is 36.5. The molecule has 0 spiro atoms. The quantitative estimate of drug-likeness (QED) is 0.108. The summed E-state index contributed by atoms with van der Waals surface area (Å²) >= 11 is 1.46. The monoisotopic (exact) mass is 687 g/mol. The molecule has 254 valence electrons. The van der Waals surface area contributed by atoms with E-state index in [4.69, 9.17) is 5.73 Å². The Balaban J connectivity index is 1.39. The normalized spacial score (nSPS) is 15.7. The fourth-order valence-corrected chi connectivity index (χ4v) is 7.37. The lowest BCUT2D eigenvalue weighted by atomic mass is 10.0. The molecule has 1 aliphatic carbocycles. The first-order chi connectivity index (χ1) is 22.4. The number of carbonyl (C=O) groups is 2. The lowest BCUT2D eigenvalue weighted by molar-refractivity contribution is -0.126. The summed E-state index contributed by atoms with van der Waals surface area (Å²) in [5.74, 6) is -2.20. The number of amides is 2. The SMILES string of the molecule is CSc1cc(S(=O)N(CC(C)C)C[C@@H](O)[C@H](Cc2ccccc2)NC(=O)CNC(=O)CNC2(c3cc(F)cc(F)c3)CC2)ccc1N. The lowest BCUT2D eigenvalue weighted by Gasteiger charge is -2.30. The highest BCUT2D eigenvalue weighted by Crippen LogP contribution is 2.45. The molecule has 2 amide bonds. The first-order valence-electron chi connectivity index (χ1n) is 15.5. The Morgan fingerprint density at radius 1 is 1.00 bits per heavy atom. The van der Waals surface area contributed by atoms with Crippen LogP contribution in [0.5, 0.6) is 0 Å². The van der Waals surface area contributed by atoms with Crippen LogP contribution >= 0.6 is 11.8 Å². The Kier molecular flexibility index (Phi) is 12.9. The third-order valence-corrected chi connectivity index (χ3v) is 10.1. The molecular formula is C34H43F2N5O4S2. The number of carbonyl (C=O) groups excluding carboxylic acids is 2. The summed E-state index contributed by atoms with van der Waals surface area (Å²) in [6, 6.07) is 17.2. The van der Waals surface area contributed by atoms with Gasteiger partial charge in [0.2, 0.25) is 11.8 Å². The van der Waals surface area contributed by atoms with Crippen molar-refractivity contribution in [2.45, 2.75) is 60.6 Å². The summed E-state index contributed by atoms with van der Waals surface area (Å²) in [6.45, 7) is 3.94. The highest BCUT2D eigenvalue weighted by molar-refractivity contribution is 7.98. The van der Waals surface area contributed by atoms with E-state index in [0.717, 1.165) is 16.5 Å². The van der Waals surface area contributed by atoms with Crippen LogP contribution < -0.4 is 21.7 Å². The number of hydrogen-bond donors (Lipinski definition) is 5. The fraction of sp³-hybridized carbons (Fsp3) is 0.412. The fourth-order valence-electron chi connectivity index (χ4n) is 5.32. The molecule has 47 heavy (non-hydrogen) atoms. The number of nitrogen functional groups attached to an aromatic ring is 1. The number of nitrogens with zero attached hydrogens (tertiary/aromatic N) is 1. The second-order valence-electron chi connectivity index (χ2n) is 12.2. The van der Waals surface area contributed by atoms with Gasteiger partial charge in [-0.25, -0.2) is 17.3 Å². The summed E-state index contributed by atoms with van der Waals surface area (Å²) in [5.41, 5.74) is 7.28. The minimum absolute atomic E-state index is 0.0145. The van der Waals surface area contributed by atoms with Crippen molar-refractivity contribution in [3.05, 3.63) is 89.5 Å². The number of rotatable bonds is 17. The number of hydrogen-bond acceptors (Lipinski definition) is 7. The molecule has 0 saturated heterocycles. The van der Waals surface area contributed by atoms with Crippen molar-refractivity contribution in [1.29, 1.82) is 0 Å². The van der Waals surface area contributed by atoms with Crippen molar-refractivity contribution in [2.75, 3.05) is 38.2 Å². The van der Waals surface area contributed by atoms with E-state index in [2.05, 4.69) is 16.0 Å². The van der Waals surface area contributed by atoms with Gasteiger partial charge in [0.1, 0.15) is 22.6 Å². The van der Waals surface area contributed by atoms with Crippen molar-refractivity contribution < 1.29 is 27.7 Å². The van der Waals surface area contributed by atoms with Crippen LogP contribution in [-0.2, 0) is 32.5 Å². The van der Waals surface area contributed by atoms with Crippen LogP contribution in [0.2, 0.25) is 0 Å². The van der Waals surface area contributed by atoms with E-state index in [9.17, 15) is 27.7 Å². The summed E-state index contributed by atoms with van der Waals surface area (Å²) in [4.78, 5) is 27.0. The van der Waals surface area contributed by atoms with Crippen LogP contribution in [0.15, 0.2) is 76.5 Å². The molecule has 0 bridgehead atoms. The van der Waals surface area contributed by atoms with Crippen molar-refractivity contribution in [3.63, 3.8) is 0 Å². The zero-order valence-electron chi connectivity index (χ0n) is 26.8. The van der Waals surface area contributed by atoms with Crippen LogP contribution in [-0.4, -0.2) is 70.0 Å². The van der Waals surface area contributed by atoms with Gasteiger partial charge in [-0.1, -0.05) is 44.2 Å². The average molecular weight is 688 g/mol. The van der Waals surface area contributed by atoms with Crippen molar-refractivity contribution in [1.82, 2.24) is 20.3 Å². The molecule has 0 radical (unpaired) electrons. The summed E-state index contributed by atoms with van der Waals surface area (Å²) in [7, 11) is -1.60. The van der Waals surface area contributed by atoms with Gasteiger partial charge < -0.3 is 21.5 Å². The lowest BCUT2D eigenvalue weighted by Crippen LogP contribution is -2.52. The van der Waals surface area contributed by atoms with Gasteiger partial charge in [-0.3, -0.25) is 14.9 Å². The molecular weight excluding hydrogens is 645 g/mol. The van der Waals surface area contributed by atoms with Gasteiger partial charge in [0.15, 0.2) is 0 Å². The predicted molar refractivity (Wildman–Crippen MR) is 182 cm³/mol. The van der Waals surface area contributed by atoms with E-state index in [1.54, 1.807) is 22.5 Å². The summed E-state index contributed by atoms with van der Waals surface area (Å²) in [6.07, 6.45) is 2.34. The van der Waals surface area contributed by atoms with Crippen LogP contribution in [0.1, 0.15) is 37.8 Å². The molecule has 1 aliphatic rings. The van der Waals surface area contributed by atoms with Crippen LogP contribution in [0.4, 0.5) is 14.5 Å². The van der Waals surface area contributed by atoms with Gasteiger partial charge in [0, 0.05) is 35.3 Å². The number of anilines is 1. The molecule has 1 unspecified atom stereocenters. The smallest absolute Gasteiger partial charge is 0.239 e. The van der Waals surface area contributed by atoms with Gasteiger partial charge in [-0.2, -0.15) is 0 Å². The molecule has 0 aliphatic heterocycles.